The zero-order valence-electron chi connectivity index (χ0n) is 19.9. The monoisotopic (exact) mass is 544 g/mol. The van der Waals surface area contributed by atoms with Gasteiger partial charge in [0.05, 0.1) is 34.4 Å². The molecule has 1 atom stereocenters. The van der Waals surface area contributed by atoms with Crippen LogP contribution in [0.2, 0.25) is 0 Å². The lowest BCUT2D eigenvalue weighted by molar-refractivity contribution is -0.384. The topological polar surface area (TPSA) is 148 Å². The van der Waals surface area contributed by atoms with E-state index in [2.05, 4.69) is 9.82 Å². The Bertz CT molecular complexity index is 1550. The smallest absolute Gasteiger partial charge is 0.279 e. The van der Waals surface area contributed by atoms with Gasteiger partial charge in [0.2, 0.25) is 10.0 Å². The third-order valence-corrected chi connectivity index (χ3v) is 8.82. The van der Waals surface area contributed by atoms with Gasteiger partial charge in [-0.25, -0.2) is 8.42 Å². The molecule has 1 aliphatic heterocycles. The van der Waals surface area contributed by atoms with Crippen LogP contribution in [0.3, 0.4) is 0 Å². The Morgan fingerprint density at radius 3 is 2.32 bits per heavy atom. The van der Waals surface area contributed by atoms with Crippen LogP contribution in [0.25, 0.3) is 0 Å². The first-order valence-electron chi connectivity index (χ1n) is 11.2. The number of hydrazone groups is 1. The lowest BCUT2D eigenvalue weighted by Crippen LogP contribution is -2.27. The number of non-ortho nitro benzene ring substituents is 1. The maximum absolute atomic E-state index is 13.6. The molecular weight excluding hydrogens is 520 g/mol. The van der Waals surface area contributed by atoms with Crippen LogP contribution in [0, 0.1) is 10.1 Å². The number of nitro benzene ring substituents is 1. The van der Waals surface area contributed by atoms with Gasteiger partial charge in [-0.15, -0.1) is 0 Å². The molecule has 0 aliphatic carbocycles. The first kappa shape index (κ1) is 26.1. The zero-order valence-corrected chi connectivity index (χ0v) is 21.6. The van der Waals surface area contributed by atoms with Gasteiger partial charge in [-0.05, 0) is 54.4 Å². The van der Waals surface area contributed by atoms with Gasteiger partial charge in [0.25, 0.3) is 15.7 Å². The summed E-state index contributed by atoms with van der Waals surface area (Å²) >= 11 is 0. The van der Waals surface area contributed by atoms with E-state index in [1.54, 1.807) is 30.3 Å². The molecule has 13 heteroatoms. The van der Waals surface area contributed by atoms with Crippen molar-refractivity contribution in [1.82, 2.24) is 4.41 Å². The van der Waals surface area contributed by atoms with Gasteiger partial charge in [-0.1, -0.05) is 24.3 Å². The van der Waals surface area contributed by atoms with E-state index in [1.807, 2.05) is 0 Å². The number of nitrogens with one attached hydrogen (secondary N) is 1. The SMILES string of the molecule is CCS(=O)(=O)Nc1ccc(C2=NN(S(=O)(=O)c3ccc(OC)cc3)[C@@H](c3cccc([N+](=O)[O-])c3)C2)cc1. The van der Waals surface area contributed by atoms with Crippen LogP contribution in [0.15, 0.2) is 82.8 Å². The third-order valence-electron chi connectivity index (χ3n) is 5.81. The van der Waals surface area contributed by atoms with E-state index in [4.69, 9.17) is 4.74 Å². The Labute approximate surface area is 214 Å². The highest BCUT2D eigenvalue weighted by molar-refractivity contribution is 7.92. The maximum Gasteiger partial charge on any atom is 0.279 e. The van der Waals surface area contributed by atoms with Crippen LogP contribution in [-0.2, 0) is 20.0 Å². The van der Waals surface area contributed by atoms with E-state index >= 15 is 0 Å². The summed E-state index contributed by atoms with van der Waals surface area (Å²) in [6.45, 7) is 1.52. The molecule has 37 heavy (non-hydrogen) atoms. The number of rotatable bonds is 9. The fourth-order valence-corrected chi connectivity index (χ4v) is 5.89. The Hall–Kier alpha value is -3.97. The second kappa shape index (κ2) is 10.2. The van der Waals surface area contributed by atoms with Crippen molar-refractivity contribution in [2.75, 3.05) is 17.6 Å². The van der Waals surface area contributed by atoms with E-state index in [0.29, 0.717) is 28.3 Å². The van der Waals surface area contributed by atoms with Gasteiger partial charge in [-0.2, -0.15) is 17.9 Å². The molecule has 0 saturated heterocycles. The van der Waals surface area contributed by atoms with Crippen molar-refractivity contribution in [2.45, 2.75) is 24.3 Å². The Kier molecular flexibility index (Phi) is 7.18. The minimum Gasteiger partial charge on any atom is -0.497 e. The molecule has 4 rings (SSSR count). The molecule has 0 amide bonds. The molecule has 1 N–H and O–H groups in total. The van der Waals surface area contributed by atoms with Gasteiger partial charge in [0.1, 0.15) is 5.75 Å². The van der Waals surface area contributed by atoms with E-state index in [-0.39, 0.29) is 22.8 Å². The average molecular weight is 545 g/mol. The van der Waals surface area contributed by atoms with Gasteiger partial charge in [0, 0.05) is 24.2 Å². The summed E-state index contributed by atoms with van der Waals surface area (Å²) in [6.07, 6.45) is 0.149. The molecule has 0 unspecified atom stereocenters. The summed E-state index contributed by atoms with van der Waals surface area (Å²) in [5.41, 5.74) is 1.63. The second-order valence-electron chi connectivity index (χ2n) is 8.15. The molecule has 0 saturated carbocycles. The summed E-state index contributed by atoms with van der Waals surface area (Å²) < 4.78 is 59.5. The largest absolute Gasteiger partial charge is 0.497 e. The highest BCUT2D eigenvalue weighted by Crippen LogP contribution is 2.38. The average Bonchev–Trinajstić information content (AvgIpc) is 3.35. The third kappa shape index (κ3) is 5.57. The molecule has 0 fully saturated rings. The van der Waals surface area contributed by atoms with Crippen molar-refractivity contribution in [3.8, 4) is 5.75 Å². The molecule has 0 bridgehead atoms. The number of hydrogen-bond acceptors (Lipinski definition) is 8. The minimum atomic E-state index is -4.14. The molecule has 1 heterocycles. The van der Waals surface area contributed by atoms with E-state index in [0.717, 1.165) is 4.41 Å². The van der Waals surface area contributed by atoms with Crippen molar-refractivity contribution in [1.29, 1.82) is 0 Å². The van der Waals surface area contributed by atoms with E-state index in [1.165, 1.54) is 56.5 Å². The quantitative estimate of drug-likeness (QED) is 0.317. The summed E-state index contributed by atoms with van der Waals surface area (Å²) in [6, 6.07) is 17.2. The highest BCUT2D eigenvalue weighted by Gasteiger charge is 2.38. The fraction of sp³-hybridized carbons (Fsp3) is 0.208. The molecule has 0 radical (unpaired) electrons. The number of nitro groups is 1. The maximum atomic E-state index is 13.6. The molecule has 3 aromatic carbocycles. The van der Waals surface area contributed by atoms with Crippen molar-refractivity contribution >= 4 is 37.1 Å². The summed E-state index contributed by atoms with van der Waals surface area (Å²) in [4.78, 5) is 10.8. The van der Waals surface area contributed by atoms with Crippen LogP contribution >= 0.6 is 0 Å². The standard InChI is InChI=1S/C24H24N4O7S2/c1-3-36(31,32)26-19-9-7-17(8-10-19)23-16-24(18-5-4-6-20(15-18)28(29)30)27(25-23)37(33,34)22-13-11-21(35-2)12-14-22/h4-15,24,26H,3,16H2,1-2H3/t24-/m1/s1. The molecule has 1 aliphatic rings. The summed E-state index contributed by atoms with van der Waals surface area (Å²) in [5.74, 6) is 0.406. The predicted octanol–water partition coefficient (Wildman–Crippen LogP) is 3.91. The van der Waals surface area contributed by atoms with Crippen LogP contribution in [0.4, 0.5) is 11.4 Å². The van der Waals surface area contributed by atoms with Crippen molar-refractivity contribution in [2.24, 2.45) is 5.10 Å². The molecule has 3 aromatic rings. The molecular formula is C24H24N4O7S2. The first-order chi connectivity index (χ1) is 17.5. The van der Waals surface area contributed by atoms with Gasteiger partial charge < -0.3 is 4.74 Å². The lowest BCUT2D eigenvalue weighted by Gasteiger charge is -2.23. The lowest BCUT2D eigenvalue weighted by atomic mass is 9.99. The summed E-state index contributed by atoms with van der Waals surface area (Å²) in [5, 5.41) is 15.8. The highest BCUT2D eigenvalue weighted by atomic mass is 32.2. The van der Waals surface area contributed by atoms with Gasteiger partial charge in [0.15, 0.2) is 0 Å². The van der Waals surface area contributed by atoms with E-state index in [9.17, 15) is 26.9 Å². The molecule has 0 spiro atoms. The zero-order chi connectivity index (χ0) is 26.8. The molecule has 194 valence electrons. The summed E-state index contributed by atoms with van der Waals surface area (Å²) in [7, 11) is -6.13. The van der Waals surface area contributed by atoms with Gasteiger partial charge >= 0.3 is 0 Å². The van der Waals surface area contributed by atoms with Crippen LogP contribution in [-0.4, -0.2) is 44.7 Å². The van der Waals surface area contributed by atoms with Crippen molar-refractivity contribution < 1.29 is 26.5 Å². The van der Waals surface area contributed by atoms with E-state index < -0.39 is 31.0 Å². The number of methoxy groups -OCH3 is 1. The number of ether oxygens (including phenoxy) is 1. The van der Waals surface area contributed by atoms with Crippen LogP contribution in [0.5, 0.6) is 5.75 Å². The predicted molar refractivity (Wildman–Crippen MR) is 139 cm³/mol. The Morgan fingerprint density at radius 2 is 1.73 bits per heavy atom. The Morgan fingerprint density at radius 1 is 1.05 bits per heavy atom. The normalized spacial score (nSPS) is 15.8. The van der Waals surface area contributed by atoms with Crippen molar-refractivity contribution in [3.05, 3.63) is 94.0 Å². The van der Waals surface area contributed by atoms with Crippen molar-refractivity contribution in [3.63, 3.8) is 0 Å². The molecule has 11 nitrogen and oxygen atoms in total. The number of benzene rings is 3. The number of sulfonamides is 2. The first-order valence-corrected chi connectivity index (χ1v) is 14.2. The second-order valence-corrected chi connectivity index (χ2v) is 12.0. The number of anilines is 1. The fourth-order valence-electron chi connectivity index (χ4n) is 3.82. The number of hydrogen-bond donors (Lipinski definition) is 1. The van der Waals surface area contributed by atoms with Gasteiger partial charge in [-0.3, -0.25) is 14.8 Å². The van der Waals surface area contributed by atoms with Crippen LogP contribution in [0.1, 0.15) is 30.5 Å². The minimum absolute atomic E-state index is 0.0157. The van der Waals surface area contributed by atoms with Crippen LogP contribution < -0.4 is 9.46 Å². The Balaban J connectivity index is 1.74. The molecule has 0 aromatic heterocycles. The number of nitrogens with zero attached hydrogens (tertiary/aromatic N) is 3.